The lowest BCUT2D eigenvalue weighted by molar-refractivity contribution is 0.200. The molecule has 1 fully saturated rings. The molecule has 0 amide bonds. The van der Waals surface area contributed by atoms with E-state index >= 15 is 0 Å². The first-order valence-corrected chi connectivity index (χ1v) is 12.9. The zero-order valence-corrected chi connectivity index (χ0v) is 21.4. The van der Waals surface area contributed by atoms with Crippen molar-refractivity contribution in [2.45, 2.75) is 0 Å². The van der Waals surface area contributed by atoms with Gasteiger partial charge in [-0.15, -0.1) is 0 Å². The zero-order valence-electron chi connectivity index (χ0n) is 20.7. The number of hydrogen-bond donors (Lipinski definition) is 0. The molecule has 0 N–H and O–H groups in total. The van der Waals surface area contributed by atoms with Crippen LogP contribution in [-0.4, -0.2) is 59.2 Å². The molecule has 0 unspecified atom stereocenters. The van der Waals surface area contributed by atoms with Crippen molar-refractivity contribution in [1.29, 1.82) is 0 Å². The van der Waals surface area contributed by atoms with Gasteiger partial charge in [0.2, 0.25) is 11.8 Å². The molecule has 6 rings (SSSR count). The number of rotatable bonds is 8. The molecule has 0 aliphatic carbocycles. The molecule has 9 heteroatoms. The van der Waals surface area contributed by atoms with Crippen LogP contribution in [0.2, 0.25) is 5.02 Å². The smallest absolute Gasteiger partial charge is 0.227 e. The Kier molecular flexibility index (Phi) is 7.06. The second-order valence-electron chi connectivity index (χ2n) is 8.95. The van der Waals surface area contributed by atoms with Gasteiger partial charge in [0.25, 0.3) is 0 Å². The van der Waals surface area contributed by atoms with E-state index in [1.807, 2.05) is 60.7 Å². The first kappa shape index (κ1) is 24.2. The molecule has 0 radical (unpaired) electrons. The van der Waals surface area contributed by atoms with E-state index in [0.717, 1.165) is 55.5 Å². The van der Waals surface area contributed by atoms with Gasteiger partial charge in [-0.1, -0.05) is 11.6 Å². The highest BCUT2D eigenvalue weighted by Crippen LogP contribution is 2.30. The number of piperazine rings is 1. The molecule has 5 aromatic rings. The third-order valence-electron chi connectivity index (χ3n) is 6.39. The van der Waals surface area contributed by atoms with Gasteiger partial charge < -0.3 is 18.8 Å². The maximum Gasteiger partial charge on any atom is 0.227 e. The standard InChI is InChI=1S/C29H26ClN5O3/c30-22-4-8-24(9-5-22)37-25-10-11-26-27(20-25)38-28(33-26)21-2-6-23(7-3-21)36-19-18-34-14-16-35(17-15-34)29-31-12-1-13-32-29/h1-13,20H,14-19H2. The van der Waals surface area contributed by atoms with Crippen LogP contribution in [-0.2, 0) is 0 Å². The number of benzene rings is 3. The molecule has 38 heavy (non-hydrogen) atoms. The van der Waals surface area contributed by atoms with Gasteiger partial charge in [-0.25, -0.2) is 15.0 Å². The minimum atomic E-state index is 0.551. The lowest BCUT2D eigenvalue weighted by Gasteiger charge is -2.34. The monoisotopic (exact) mass is 527 g/mol. The van der Waals surface area contributed by atoms with Crippen LogP contribution in [0.15, 0.2) is 89.6 Å². The molecular formula is C29H26ClN5O3. The average molecular weight is 528 g/mol. The second-order valence-corrected chi connectivity index (χ2v) is 9.39. The predicted octanol–water partition coefficient (Wildman–Crippen LogP) is 5.93. The Morgan fingerprint density at radius 2 is 1.53 bits per heavy atom. The van der Waals surface area contributed by atoms with E-state index in [9.17, 15) is 0 Å². The SMILES string of the molecule is Clc1ccc(Oc2ccc3nc(-c4ccc(OCCN5CCN(c6ncccn6)CC5)cc4)oc3c2)cc1. The Hall–Kier alpha value is -4.14. The molecule has 3 heterocycles. The summed E-state index contributed by atoms with van der Waals surface area (Å²) in [5.74, 6) is 3.54. The molecule has 8 nitrogen and oxygen atoms in total. The molecule has 0 atom stereocenters. The largest absolute Gasteiger partial charge is 0.492 e. The molecule has 1 saturated heterocycles. The first-order chi connectivity index (χ1) is 18.7. The van der Waals surface area contributed by atoms with Gasteiger partial charge in [-0.05, 0) is 66.7 Å². The number of anilines is 1. The van der Waals surface area contributed by atoms with Crippen molar-refractivity contribution in [2.24, 2.45) is 0 Å². The Morgan fingerprint density at radius 1 is 0.816 bits per heavy atom. The molecule has 1 aliphatic heterocycles. The van der Waals surface area contributed by atoms with Crippen molar-refractivity contribution in [3.8, 4) is 28.7 Å². The zero-order chi connectivity index (χ0) is 25.7. The van der Waals surface area contributed by atoms with Gasteiger partial charge in [-0.3, -0.25) is 4.90 Å². The molecule has 0 saturated carbocycles. The van der Waals surface area contributed by atoms with Gasteiger partial charge in [0.15, 0.2) is 5.58 Å². The fourth-order valence-corrected chi connectivity index (χ4v) is 4.47. The van der Waals surface area contributed by atoms with Crippen LogP contribution in [0.25, 0.3) is 22.6 Å². The quantitative estimate of drug-likeness (QED) is 0.246. The van der Waals surface area contributed by atoms with Gasteiger partial charge in [0, 0.05) is 61.8 Å². The topological polar surface area (TPSA) is 76.8 Å². The number of fused-ring (bicyclic) bond motifs is 1. The Morgan fingerprint density at radius 3 is 2.29 bits per heavy atom. The Labute approximate surface area is 225 Å². The van der Waals surface area contributed by atoms with Crippen LogP contribution < -0.4 is 14.4 Å². The predicted molar refractivity (Wildman–Crippen MR) is 147 cm³/mol. The first-order valence-electron chi connectivity index (χ1n) is 12.5. The summed E-state index contributed by atoms with van der Waals surface area (Å²) in [6.07, 6.45) is 3.57. The molecule has 192 valence electrons. The summed E-state index contributed by atoms with van der Waals surface area (Å²) in [7, 11) is 0. The summed E-state index contributed by atoms with van der Waals surface area (Å²) in [5, 5.41) is 0.664. The number of ether oxygens (including phenoxy) is 2. The van der Waals surface area contributed by atoms with E-state index in [-0.39, 0.29) is 0 Å². The van der Waals surface area contributed by atoms with Crippen molar-refractivity contribution in [3.63, 3.8) is 0 Å². The van der Waals surface area contributed by atoms with Crippen molar-refractivity contribution < 1.29 is 13.9 Å². The second kappa shape index (κ2) is 11.1. The highest BCUT2D eigenvalue weighted by molar-refractivity contribution is 6.30. The number of oxazole rings is 1. The minimum Gasteiger partial charge on any atom is -0.492 e. The van der Waals surface area contributed by atoms with E-state index < -0.39 is 0 Å². The summed E-state index contributed by atoms with van der Waals surface area (Å²) in [4.78, 5) is 17.9. The van der Waals surface area contributed by atoms with E-state index in [1.165, 1.54) is 0 Å². The highest BCUT2D eigenvalue weighted by Gasteiger charge is 2.18. The Bertz CT molecular complexity index is 1490. The number of nitrogens with zero attached hydrogens (tertiary/aromatic N) is 5. The molecular weight excluding hydrogens is 502 g/mol. The van der Waals surface area contributed by atoms with E-state index in [2.05, 4.69) is 24.8 Å². The normalized spacial score (nSPS) is 14.1. The molecule has 0 spiro atoms. The van der Waals surface area contributed by atoms with E-state index in [1.54, 1.807) is 24.5 Å². The van der Waals surface area contributed by atoms with Gasteiger partial charge in [-0.2, -0.15) is 0 Å². The highest BCUT2D eigenvalue weighted by atomic mass is 35.5. The fourth-order valence-electron chi connectivity index (χ4n) is 4.34. The van der Waals surface area contributed by atoms with Crippen molar-refractivity contribution in [3.05, 3.63) is 90.2 Å². The molecule has 0 bridgehead atoms. The number of halogens is 1. The van der Waals surface area contributed by atoms with Gasteiger partial charge in [0.1, 0.15) is 29.4 Å². The van der Waals surface area contributed by atoms with Gasteiger partial charge >= 0.3 is 0 Å². The Balaban J connectivity index is 1.01. The number of hydrogen-bond acceptors (Lipinski definition) is 8. The number of aromatic nitrogens is 3. The fraction of sp³-hybridized carbons (Fsp3) is 0.207. The van der Waals surface area contributed by atoms with Crippen LogP contribution >= 0.6 is 11.6 Å². The lowest BCUT2D eigenvalue weighted by atomic mass is 10.2. The molecule has 2 aromatic heterocycles. The summed E-state index contributed by atoms with van der Waals surface area (Å²) in [5.41, 5.74) is 2.31. The van der Waals surface area contributed by atoms with Crippen LogP contribution in [0.5, 0.6) is 17.2 Å². The van der Waals surface area contributed by atoms with E-state index in [4.69, 9.17) is 25.5 Å². The van der Waals surface area contributed by atoms with E-state index in [0.29, 0.717) is 34.6 Å². The maximum atomic E-state index is 6.02. The summed E-state index contributed by atoms with van der Waals surface area (Å²) in [6.45, 7) is 5.25. The van der Waals surface area contributed by atoms with Crippen LogP contribution in [0.3, 0.4) is 0 Å². The lowest BCUT2D eigenvalue weighted by Crippen LogP contribution is -2.48. The van der Waals surface area contributed by atoms with Crippen molar-refractivity contribution in [2.75, 3.05) is 44.2 Å². The summed E-state index contributed by atoms with van der Waals surface area (Å²) < 4.78 is 17.9. The van der Waals surface area contributed by atoms with Crippen LogP contribution in [0.1, 0.15) is 0 Å². The molecule has 3 aromatic carbocycles. The average Bonchev–Trinajstić information content (AvgIpc) is 3.39. The summed E-state index contributed by atoms with van der Waals surface area (Å²) >= 11 is 5.95. The van der Waals surface area contributed by atoms with Crippen molar-refractivity contribution in [1.82, 2.24) is 19.9 Å². The summed E-state index contributed by atoms with van der Waals surface area (Å²) in [6, 6.07) is 22.5. The minimum absolute atomic E-state index is 0.551. The van der Waals surface area contributed by atoms with Crippen molar-refractivity contribution >= 4 is 28.6 Å². The maximum absolute atomic E-state index is 6.02. The molecule has 1 aliphatic rings. The van der Waals surface area contributed by atoms with Crippen LogP contribution in [0, 0.1) is 0 Å². The third kappa shape index (κ3) is 5.72. The van der Waals surface area contributed by atoms with Crippen LogP contribution in [0.4, 0.5) is 5.95 Å². The van der Waals surface area contributed by atoms with Gasteiger partial charge in [0.05, 0.1) is 0 Å². The third-order valence-corrected chi connectivity index (χ3v) is 6.65.